The van der Waals surface area contributed by atoms with Crippen LogP contribution in [-0.4, -0.2) is 78.8 Å². The number of carbonyl (C=O) groups excluding carboxylic acids is 2. The molecule has 35 heavy (non-hydrogen) atoms. The third-order valence-corrected chi connectivity index (χ3v) is 6.92. The summed E-state index contributed by atoms with van der Waals surface area (Å²) in [6.07, 6.45) is 1.41. The van der Waals surface area contributed by atoms with E-state index in [0.29, 0.717) is 12.6 Å². The highest BCUT2D eigenvalue weighted by Gasteiger charge is 2.31. The lowest BCUT2D eigenvalue weighted by molar-refractivity contribution is -0.137. The van der Waals surface area contributed by atoms with E-state index in [1.165, 1.54) is 12.8 Å². The van der Waals surface area contributed by atoms with Crippen LogP contribution in [0.3, 0.4) is 0 Å². The molecule has 0 heterocycles. The number of carboxylic acid groups (broad SMARTS) is 1. The molecule has 0 aliphatic heterocycles. The maximum absolute atomic E-state index is 13.0. The second kappa shape index (κ2) is 10.9. The molecule has 1 fully saturated rings. The molecule has 2 aromatic carbocycles. The van der Waals surface area contributed by atoms with Crippen LogP contribution in [0.15, 0.2) is 48.5 Å². The summed E-state index contributed by atoms with van der Waals surface area (Å²) in [4.78, 5) is 40.6. The second-order valence-corrected chi connectivity index (χ2v) is 9.43. The smallest absolute Gasteiger partial charge is 0.407 e. The number of carboxylic acids is 1. The fourth-order valence-electron chi connectivity index (χ4n) is 4.69. The summed E-state index contributed by atoms with van der Waals surface area (Å²) in [5, 5.41) is 11.7. The van der Waals surface area contributed by atoms with Crippen LogP contribution in [0.4, 0.5) is 4.79 Å². The molecule has 0 spiro atoms. The van der Waals surface area contributed by atoms with Gasteiger partial charge in [0.1, 0.15) is 12.6 Å². The van der Waals surface area contributed by atoms with Crippen LogP contribution >= 0.6 is 0 Å². The van der Waals surface area contributed by atoms with Gasteiger partial charge >= 0.3 is 12.1 Å². The van der Waals surface area contributed by atoms with Gasteiger partial charge in [0.15, 0.2) is 0 Å². The molecule has 1 unspecified atom stereocenters. The summed E-state index contributed by atoms with van der Waals surface area (Å²) in [6.45, 7) is 1.35. The second-order valence-electron chi connectivity index (χ2n) is 9.43. The quantitative estimate of drug-likeness (QED) is 0.513. The Balaban J connectivity index is 1.37. The predicted molar refractivity (Wildman–Crippen MR) is 132 cm³/mol. The molecule has 8 heteroatoms. The third kappa shape index (κ3) is 6.00. The molecule has 2 N–H and O–H groups in total. The summed E-state index contributed by atoms with van der Waals surface area (Å²) in [5.74, 6) is -1.43. The molecule has 1 atom stereocenters. The van der Waals surface area contributed by atoms with Gasteiger partial charge in [-0.1, -0.05) is 48.5 Å². The van der Waals surface area contributed by atoms with Crippen molar-refractivity contribution in [3.05, 3.63) is 59.7 Å². The minimum absolute atomic E-state index is 0.00116. The van der Waals surface area contributed by atoms with Crippen LogP contribution < -0.4 is 5.32 Å². The number of hydrogen-bond donors (Lipinski definition) is 2. The first-order chi connectivity index (χ1) is 16.8. The molecular weight excluding hydrogens is 446 g/mol. The number of hydrogen-bond acceptors (Lipinski definition) is 5. The number of fused-ring (bicyclic) bond motifs is 3. The van der Waals surface area contributed by atoms with Crippen molar-refractivity contribution in [2.75, 3.05) is 33.8 Å². The van der Waals surface area contributed by atoms with E-state index in [2.05, 4.69) is 22.3 Å². The first kappa shape index (κ1) is 24.7. The minimum atomic E-state index is -1.02. The van der Waals surface area contributed by atoms with Gasteiger partial charge in [0.05, 0.1) is 0 Å². The maximum atomic E-state index is 13.0. The van der Waals surface area contributed by atoms with Crippen LogP contribution in [0.5, 0.6) is 0 Å². The zero-order chi connectivity index (χ0) is 24.9. The van der Waals surface area contributed by atoms with Crippen LogP contribution in [0.1, 0.15) is 42.7 Å². The molecular formula is C27H33N3O5. The summed E-state index contributed by atoms with van der Waals surface area (Å²) in [6, 6.07) is 15.7. The first-order valence-electron chi connectivity index (χ1n) is 12.1. The van der Waals surface area contributed by atoms with Crippen molar-refractivity contribution < 1.29 is 24.2 Å². The molecule has 0 saturated heterocycles. The SMILES string of the molecule is CN(CCN(C)C1CC1)C(=O)C(CCC(=O)O)NC(=O)OCC1c2ccccc2-c2ccccc21. The highest BCUT2D eigenvalue weighted by Crippen LogP contribution is 2.44. The van der Waals surface area contributed by atoms with E-state index in [0.717, 1.165) is 28.8 Å². The zero-order valence-corrected chi connectivity index (χ0v) is 20.3. The van der Waals surface area contributed by atoms with Crippen LogP contribution in [-0.2, 0) is 14.3 Å². The molecule has 1 saturated carbocycles. The third-order valence-electron chi connectivity index (χ3n) is 6.92. The molecule has 4 rings (SSSR count). The lowest BCUT2D eigenvalue weighted by Crippen LogP contribution is -2.49. The van der Waals surface area contributed by atoms with Crippen LogP contribution in [0.25, 0.3) is 11.1 Å². The van der Waals surface area contributed by atoms with Crippen molar-refractivity contribution in [3.8, 4) is 11.1 Å². The van der Waals surface area contributed by atoms with Crippen molar-refractivity contribution in [2.45, 2.75) is 43.7 Å². The summed E-state index contributed by atoms with van der Waals surface area (Å²) in [7, 11) is 3.71. The zero-order valence-electron chi connectivity index (χ0n) is 20.3. The Kier molecular flexibility index (Phi) is 7.70. The average Bonchev–Trinajstić information content (AvgIpc) is 3.66. The molecule has 2 aliphatic carbocycles. The maximum Gasteiger partial charge on any atom is 0.407 e. The highest BCUT2D eigenvalue weighted by molar-refractivity contribution is 5.86. The Hall–Kier alpha value is -3.39. The molecule has 186 valence electrons. The van der Waals surface area contributed by atoms with E-state index < -0.39 is 18.1 Å². The van der Waals surface area contributed by atoms with E-state index >= 15 is 0 Å². The van der Waals surface area contributed by atoms with Gasteiger partial charge in [-0.15, -0.1) is 0 Å². The molecule has 2 aromatic rings. The number of nitrogens with one attached hydrogen (secondary N) is 1. The highest BCUT2D eigenvalue weighted by atomic mass is 16.5. The Morgan fingerprint density at radius 3 is 2.17 bits per heavy atom. The fourth-order valence-corrected chi connectivity index (χ4v) is 4.69. The predicted octanol–water partition coefficient (Wildman–Crippen LogP) is 3.31. The summed E-state index contributed by atoms with van der Waals surface area (Å²) in [5.41, 5.74) is 4.45. The van der Waals surface area contributed by atoms with Gasteiger partial charge < -0.3 is 25.0 Å². The van der Waals surface area contributed by atoms with Crippen molar-refractivity contribution in [1.82, 2.24) is 15.1 Å². The molecule has 2 amide bonds. The number of aliphatic carboxylic acids is 1. The number of amides is 2. The van der Waals surface area contributed by atoms with Gasteiger partial charge in [0.25, 0.3) is 0 Å². The van der Waals surface area contributed by atoms with E-state index in [4.69, 9.17) is 9.84 Å². The van der Waals surface area contributed by atoms with Gasteiger partial charge in [-0.05, 0) is 48.6 Å². The molecule has 0 aromatic heterocycles. The molecule has 0 bridgehead atoms. The van der Waals surface area contributed by atoms with Crippen LogP contribution in [0, 0.1) is 0 Å². The number of rotatable bonds is 11. The largest absolute Gasteiger partial charge is 0.481 e. The van der Waals surface area contributed by atoms with Gasteiger partial charge in [-0.3, -0.25) is 9.59 Å². The standard InChI is InChI=1S/C27H33N3O5/c1-29(18-11-12-18)15-16-30(2)26(33)24(13-14-25(31)32)28-27(34)35-17-23-21-9-5-3-7-19(21)20-8-4-6-10-22(20)23/h3-10,18,23-24H,11-17H2,1-2H3,(H,28,34)(H,31,32). The van der Waals surface area contributed by atoms with Gasteiger partial charge in [0, 0.05) is 38.5 Å². The van der Waals surface area contributed by atoms with Gasteiger partial charge in [-0.25, -0.2) is 4.79 Å². The Morgan fingerprint density at radius 2 is 1.60 bits per heavy atom. The molecule has 0 radical (unpaired) electrons. The van der Waals surface area contributed by atoms with Crippen molar-refractivity contribution in [3.63, 3.8) is 0 Å². The normalized spacial score (nSPS) is 15.3. The van der Waals surface area contributed by atoms with Crippen molar-refractivity contribution >= 4 is 18.0 Å². The molecule has 2 aliphatic rings. The van der Waals surface area contributed by atoms with Crippen molar-refractivity contribution in [1.29, 1.82) is 0 Å². The van der Waals surface area contributed by atoms with E-state index in [-0.39, 0.29) is 31.3 Å². The van der Waals surface area contributed by atoms with Gasteiger partial charge in [0.2, 0.25) is 5.91 Å². The Bertz CT molecular complexity index is 1040. The average molecular weight is 480 g/mol. The number of benzene rings is 2. The molecule has 8 nitrogen and oxygen atoms in total. The number of carbonyl (C=O) groups is 3. The number of ether oxygens (including phenoxy) is 1. The number of alkyl carbamates (subject to hydrolysis) is 1. The first-order valence-corrected chi connectivity index (χ1v) is 12.1. The van der Waals surface area contributed by atoms with E-state index in [1.807, 2.05) is 43.4 Å². The topological polar surface area (TPSA) is 99.2 Å². The number of nitrogens with zero attached hydrogens (tertiary/aromatic N) is 2. The van der Waals surface area contributed by atoms with Gasteiger partial charge in [-0.2, -0.15) is 0 Å². The van der Waals surface area contributed by atoms with E-state index in [1.54, 1.807) is 11.9 Å². The fraction of sp³-hybridized carbons (Fsp3) is 0.444. The Labute approximate surface area is 205 Å². The lowest BCUT2D eigenvalue weighted by atomic mass is 9.98. The summed E-state index contributed by atoms with van der Waals surface area (Å²) < 4.78 is 5.57. The van der Waals surface area contributed by atoms with Crippen LogP contribution in [0.2, 0.25) is 0 Å². The van der Waals surface area contributed by atoms with Crippen molar-refractivity contribution in [2.24, 2.45) is 0 Å². The minimum Gasteiger partial charge on any atom is -0.481 e. The van der Waals surface area contributed by atoms with E-state index in [9.17, 15) is 14.4 Å². The lowest BCUT2D eigenvalue weighted by Gasteiger charge is -2.26. The summed E-state index contributed by atoms with van der Waals surface area (Å²) >= 11 is 0. The Morgan fingerprint density at radius 1 is 1.00 bits per heavy atom. The number of likely N-dealkylation sites (N-methyl/N-ethyl adjacent to an activating group) is 2. The monoisotopic (exact) mass is 479 g/mol.